The summed E-state index contributed by atoms with van der Waals surface area (Å²) >= 11 is 0. The Morgan fingerprint density at radius 3 is 2.57 bits per heavy atom. The van der Waals surface area contributed by atoms with Crippen molar-refractivity contribution in [2.24, 2.45) is 0 Å². The van der Waals surface area contributed by atoms with Crippen molar-refractivity contribution in [2.75, 3.05) is 5.32 Å². The van der Waals surface area contributed by atoms with E-state index in [1.165, 1.54) is 0 Å². The zero-order valence-corrected chi connectivity index (χ0v) is 7.94. The molecular weight excluding hydrogens is 174 g/mol. The highest BCUT2D eigenvalue weighted by Crippen LogP contribution is 2.10. The van der Waals surface area contributed by atoms with E-state index >= 15 is 0 Å². The summed E-state index contributed by atoms with van der Waals surface area (Å²) in [4.78, 5) is 8.36. The lowest BCUT2D eigenvalue weighted by Gasteiger charge is -2.03. The lowest BCUT2D eigenvalue weighted by molar-refractivity contribution is 1.11. The molecule has 0 aliphatic rings. The predicted molar refractivity (Wildman–Crippen MR) is 56.5 cm³/mol. The van der Waals surface area contributed by atoms with Crippen LogP contribution in [0.5, 0.6) is 0 Å². The van der Waals surface area contributed by atoms with Crippen LogP contribution in [-0.4, -0.2) is 9.97 Å². The molecule has 0 atom stereocenters. The highest BCUT2D eigenvalue weighted by atomic mass is 15.1. The van der Waals surface area contributed by atoms with E-state index in [-0.39, 0.29) is 0 Å². The molecule has 0 radical (unpaired) electrons. The second-order valence-electron chi connectivity index (χ2n) is 3.01. The molecular formula is C11H11N3. The molecule has 0 spiro atoms. The van der Waals surface area contributed by atoms with E-state index in [1.807, 2.05) is 43.3 Å². The Morgan fingerprint density at radius 1 is 1.07 bits per heavy atom. The van der Waals surface area contributed by atoms with Gasteiger partial charge in [0.05, 0.1) is 0 Å². The first kappa shape index (κ1) is 8.69. The highest BCUT2D eigenvalue weighted by molar-refractivity contribution is 5.52. The summed E-state index contributed by atoms with van der Waals surface area (Å²) < 4.78 is 0. The van der Waals surface area contributed by atoms with E-state index in [4.69, 9.17) is 0 Å². The molecule has 0 amide bonds. The Bertz CT molecular complexity index is 412. The Morgan fingerprint density at radius 2 is 1.86 bits per heavy atom. The maximum absolute atomic E-state index is 4.25. The lowest BCUT2D eigenvalue weighted by atomic mass is 10.3. The van der Waals surface area contributed by atoms with E-state index in [2.05, 4.69) is 15.3 Å². The van der Waals surface area contributed by atoms with Gasteiger partial charge >= 0.3 is 0 Å². The topological polar surface area (TPSA) is 37.8 Å². The number of aromatic nitrogens is 2. The number of hydrogen-bond donors (Lipinski definition) is 1. The monoisotopic (exact) mass is 185 g/mol. The Kier molecular flexibility index (Phi) is 2.40. The molecule has 1 aromatic heterocycles. The van der Waals surface area contributed by atoms with Crippen LogP contribution in [0.1, 0.15) is 5.69 Å². The van der Waals surface area contributed by atoms with Crippen LogP contribution in [0.3, 0.4) is 0 Å². The van der Waals surface area contributed by atoms with Gasteiger partial charge < -0.3 is 5.32 Å². The number of anilines is 2. The molecule has 0 saturated heterocycles. The van der Waals surface area contributed by atoms with Crippen molar-refractivity contribution in [3.8, 4) is 0 Å². The molecule has 0 aliphatic carbocycles. The van der Waals surface area contributed by atoms with Gasteiger partial charge in [-0.3, -0.25) is 0 Å². The maximum atomic E-state index is 4.25. The SMILES string of the molecule is Cc1ccnc(Nc2ccccc2)n1. The van der Waals surface area contributed by atoms with Gasteiger partial charge in [-0.25, -0.2) is 9.97 Å². The molecule has 3 nitrogen and oxygen atoms in total. The lowest BCUT2D eigenvalue weighted by Crippen LogP contribution is -1.96. The van der Waals surface area contributed by atoms with Crippen molar-refractivity contribution in [3.63, 3.8) is 0 Å². The quantitative estimate of drug-likeness (QED) is 0.781. The number of hydrogen-bond acceptors (Lipinski definition) is 3. The minimum Gasteiger partial charge on any atom is -0.324 e. The van der Waals surface area contributed by atoms with Crippen LogP contribution in [0.25, 0.3) is 0 Å². The number of aryl methyl sites for hydroxylation is 1. The summed E-state index contributed by atoms with van der Waals surface area (Å²) in [6.07, 6.45) is 1.74. The van der Waals surface area contributed by atoms with Gasteiger partial charge in [0, 0.05) is 17.6 Å². The smallest absolute Gasteiger partial charge is 0.227 e. The van der Waals surface area contributed by atoms with E-state index in [1.54, 1.807) is 6.20 Å². The molecule has 0 saturated carbocycles. The summed E-state index contributed by atoms with van der Waals surface area (Å²) in [6.45, 7) is 1.94. The van der Waals surface area contributed by atoms with E-state index < -0.39 is 0 Å². The first-order valence-electron chi connectivity index (χ1n) is 4.46. The molecule has 0 unspecified atom stereocenters. The fraction of sp³-hybridized carbons (Fsp3) is 0.0909. The molecule has 0 bridgehead atoms. The van der Waals surface area contributed by atoms with Crippen LogP contribution in [0.15, 0.2) is 42.6 Å². The first-order chi connectivity index (χ1) is 6.84. The molecule has 3 heteroatoms. The van der Waals surface area contributed by atoms with Crippen molar-refractivity contribution in [3.05, 3.63) is 48.3 Å². The number of rotatable bonds is 2. The van der Waals surface area contributed by atoms with Crippen molar-refractivity contribution in [2.45, 2.75) is 6.92 Å². The summed E-state index contributed by atoms with van der Waals surface area (Å²) in [7, 11) is 0. The van der Waals surface area contributed by atoms with Crippen LogP contribution in [0, 0.1) is 6.92 Å². The molecule has 2 rings (SSSR count). The first-order valence-corrected chi connectivity index (χ1v) is 4.46. The second-order valence-corrected chi connectivity index (χ2v) is 3.01. The maximum Gasteiger partial charge on any atom is 0.227 e. The number of para-hydroxylation sites is 1. The van der Waals surface area contributed by atoms with Crippen LogP contribution < -0.4 is 5.32 Å². The van der Waals surface area contributed by atoms with Gasteiger partial charge in [-0.15, -0.1) is 0 Å². The van der Waals surface area contributed by atoms with E-state index in [0.29, 0.717) is 5.95 Å². The van der Waals surface area contributed by atoms with Crippen LogP contribution in [0.4, 0.5) is 11.6 Å². The van der Waals surface area contributed by atoms with Crippen LogP contribution >= 0.6 is 0 Å². The highest BCUT2D eigenvalue weighted by Gasteiger charge is 1.95. The van der Waals surface area contributed by atoms with Crippen molar-refractivity contribution in [1.82, 2.24) is 9.97 Å². The van der Waals surface area contributed by atoms with Gasteiger partial charge in [0.1, 0.15) is 0 Å². The van der Waals surface area contributed by atoms with Crippen LogP contribution in [0.2, 0.25) is 0 Å². The molecule has 1 aromatic carbocycles. The van der Waals surface area contributed by atoms with E-state index in [0.717, 1.165) is 11.4 Å². The van der Waals surface area contributed by atoms with Crippen molar-refractivity contribution in [1.29, 1.82) is 0 Å². The minimum absolute atomic E-state index is 0.635. The Balaban J connectivity index is 2.19. The number of nitrogens with one attached hydrogen (secondary N) is 1. The molecule has 70 valence electrons. The third-order valence-corrected chi connectivity index (χ3v) is 1.82. The average Bonchev–Trinajstić information content (AvgIpc) is 2.19. The molecule has 1 N–H and O–H groups in total. The molecule has 1 heterocycles. The van der Waals surface area contributed by atoms with Gasteiger partial charge in [-0.05, 0) is 25.1 Å². The van der Waals surface area contributed by atoms with Gasteiger partial charge in [-0.2, -0.15) is 0 Å². The summed E-state index contributed by atoms with van der Waals surface area (Å²) in [5.74, 6) is 0.635. The molecule has 0 fully saturated rings. The molecule has 14 heavy (non-hydrogen) atoms. The Hall–Kier alpha value is -1.90. The minimum atomic E-state index is 0.635. The van der Waals surface area contributed by atoms with Gasteiger partial charge in [-0.1, -0.05) is 18.2 Å². The third kappa shape index (κ3) is 2.07. The number of benzene rings is 1. The van der Waals surface area contributed by atoms with Crippen molar-refractivity contribution >= 4 is 11.6 Å². The second kappa shape index (κ2) is 3.87. The molecule has 2 aromatic rings. The number of nitrogens with zero attached hydrogens (tertiary/aromatic N) is 2. The largest absolute Gasteiger partial charge is 0.324 e. The fourth-order valence-electron chi connectivity index (χ4n) is 1.16. The third-order valence-electron chi connectivity index (χ3n) is 1.82. The summed E-state index contributed by atoms with van der Waals surface area (Å²) in [5.41, 5.74) is 1.96. The Labute approximate surface area is 82.8 Å². The van der Waals surface area contributed by atoms with E-state index in [9.17, 15) is 0 Å². The normalized spacial score (nSPS) is 9.79. The fourth-order valence-corrected chi connectivity index (χ4v) is 1.16. The standard InChI is InChI=1S/C11H11N3/c1-9-7-8-12-11(13-9)14-10-5-3-2-4-6-10/h2-8H,1H3,(H,12,13,14). The summed E-state index contributed by atoms with van der Waals surface area (Å²) in [6, 6.07) is 11.7. The van der Waals surface area contributed by atoms with Crippen LogP contribution in [-0.2, 0) is 0 Å². The van der Waals surface area contributed by atoms with Gasteiger partial charge in [0.2, 0.25) is 5.95 Å². The predicted octanol–water partition coefficient (Wildman–Crippen LogP) is 2.53. The molecule has 0 aliphatic heterocycles. The van der Waals surface area contributed by atoms with Gasteiger partial charge in [0.25, 0.3) is 0 Å². The average molecular weight is 185 g/mol. The zero-order valence-electron chi connectivity index (χ0n) is 7.94. The van der Waals surface area contributed by atoms with Crippen molar-refractivity contribution < 1.29 is 0 Å². The van der Waals surface area contributed by atoms with Gasteiger partial charge in [0.15, 0.2) is 0 Å². The zero-order chi connectivity index (χ0) is 9.80. The summed E-state index contributed by atoms with van der Waals surface area (Å²) in [5, 5.41) is 3.12.